The van der Waals surface area contributed by atoms with Crippen LogP contribution in [0.4, 0.5) is 5.69 Å². The molecule has 8 nitrogen and oxygen atoms in total. The van der Waals surface area contributed by atoms with Gasteiger partial charge >= 0.3 is 5.97 Å². The Morgan fingerprint density at radius 3 is 2.73 bits per heavy atom. The van der Waals surface area contributed by atoms with Crippen molar-refractivity contribution in [3.05, 3.63) is 76.1 Å². The van der Waals surface area contributed by atoms with E-state index in [0.29, 0.717) is 48.8 Å². The van der Waals surface area contributed by atoms with E-state index in [4.69, 9.17) is 25.8 Å². The van der Waals surface area contributed by atoms with E-state index in [0.717, 1.165) is 74.4 Å². The number of aromatic nitrogens is 1. The van der Waals surface area contributed by atoms with Crippen molar-refractivity contribution in [2.75, 3.05) is 39.2 Å². The van der Waals surface area contributed by atoms with Crippen molar-refractivity contribution in [3.63, 3.8) is 0 Å². The Kier molecular flexibility index (Phi) is 10.5. The molecule has 2 aromatic carbocycles. The molecule has 7 rings (SSSR count). The molecule has 2 unspecified atom stereocenters. The largest absolute Gasteiger partial charge is 0.493 e. The Hall–Kier alpha value is -3.49. The molecule has 1 aliphatic heterocycles. The molecule has 1 spiro atoms. The first-order chi connectivity index (χ1) is 24.5. The lowest BCUT2D eigenvalue weighted by molar-refractivity contribution is -0.144. The van der Waals surface area contributed by atoms with E-state index in [1.54, 1.807) is 0 Å². The summed E-state index contributed by atoms with van der Waals surface area (Å²) in [6.45, 7) is 6.81. The van der Waals surface area contributed by atoms with Crippen molar-refractivity contribution in [3.8, 4) is 17.2 Å². The van der Waals surface area contributed by atoms with E-state index in [9.17, 15) is 9.90 Å². The second-order valence-corrected chi connectivity index (χ2v) is 16.6. The van der Waals surface area contributed by atoms with Gasteiger partial charge in [0.2, 0.25) is 0 Å². The van der Waals surface area contributed by atoms with Gasteiger partial charge in [-0.15, -0.1) is 0 Å². The molecule has 0 amide bonds. The highest BCUT2D eigenvalue weighted by atomic mass is 35.5. The lowest BCUT2D eigenvalue weighted by Crippen LogP contribution is -2.53. The minimum absolute atomic E-state index is 0.111. The molecule has 274 valence electrons. The fourth-order valence-corrected chi connectivity index (χ4v) is 9.65. The summed E-state index contributed by atoms with van der Waals surface area (Å²) in [5, 5.41) is 14.7. The summed E-state index contributed by atoms with van der Waals surface area (Å²) in [5.41, 5.74) is 4.60. The molecule has 2 N–H and O–H groups in total. The second kappa shape index (κ2) is 14.9. The summed E-state index contributed by atoms with van der Waals surface area (Å²) in [6, 6.07) is 13.9. The standard InChI is InChI=1S/C42H54ClN3O5/c1-27(26-50-36-11-18-44-35-10-5-7-28(2)39(35)36)21-30-22-29-23-38-37(49-20-13-33(51-38)12-19-46(3)4)25-34(29)41(30)14-16-42(17-15-41,40(47)48)45-32-9-6-8-31(43)24-32/h6,8-9,11,18,23-25,27-28,30,33,45H,5,7,10,12-17,19-22,26H2,1-4H3,(H,47,48)/t27-,28-,30?,33?,41?,42?/m1/s1. The molecular weight excluding hydrogens is 662 g/mol. The summed E-state index contributed by atoms with van der Waals surface area (Å²) in [7, 11) is 4.19. The molecule has 2 heterocycles. The first kappa shape index (κ1) is 35.9. The number of aryl methyl sites for hydroxylation is 1. The molecular formula is C42H54ClN3O5. The van der Waals surface area contributed by atoms with Gasteiger partial charge in [-0.1, -0.05) is 31.5 Å². The van der Waals surface area contributed by atoms with Gasteiger partial charge in [-0.2, -0.15) is 0 Å². The maximum Gasteiger partial charge on any atom is 0.329 e. The number of aliphatic carboxylic acids is 1. The summed E-state index contributed by atoms with van der Waals surface area (Å²) in [4.78, 5) is 19.9. The van der Waals surface area contributed by atoms with Gasteiger partial charge in [0.25, 0.3) is 0 Å². The number of rotatable bonds is 11. The molecule has 1 saturated carbocycles. The number of halogens is 1. The van der Waals surface area contributed by atoms with Crippen LogP contribution in [-0.2, 0) is 23.1 Å². The number of hydrogen-bond acceptors (Lipinski definition) is 7. The number of carbonyl (C=O) groups is 1. The van der Waals surface area contributed by atoms with Gasteiger partial charge in [0.15, 0.2) is 11.5 Å². The molecule has 3 aliphatic carbocycles. The fourth-order valence-electron chi connectivity index (χ4n) is 9.46. The van der Waals surface area contributed by atoms with Crippen LogP contribution in [0.1, 0.15) is 99.9 Å². The van der Waals surface area contributed by atoms with Crippen LogP contribution in [0.15, 0.2) is 48.7 Å². The van der Waals surface area contributed by atoms with Gasteiger partial charge in [0.1, 0.15) is 17.4 Å². The van der Waals surface area contributed by atoms with E-state index in [2.05, 4.69) is 55.3 Å². The second-order valence-electron chi connectivity index (χ2n) is 16.1. The number of anilines is 1. The molecule has 1 aromatic heterocycles. The zero-order valence-corrected chi connectivity index (χ0v) is 31.4. The summed E-state index contributed by atoms with van der Waals surface area (Å²) in [6.07, 6.45) is 11.7. The molecule has 0 saturated heterocycles. The van der Waals surface area contributed by atoms with Crippen molar-refractivity contribution in [1.82, 2.24) is 9.88 Å². The first-order valence-electron chi connectivity index (χ1n) is 19.0. The predicted molar refractivity (Wildman–Crippen MR) is 202 cm³/mol. The highest BCUT2D eigenvalue weighted by Crippen LogP contribution is 2.58. The quantitative estimate of drug-likeness (QED) is 0.204. The number of hydrogen-bond donors (Lipinski definition) is 2. The Morgan fingerprint density at radius 1 is 1.14 bits per heavy atom. The molecule has 0 bridgehead atoms. The fraction of sp³-hybridized carbons (Fsp3) is 0.571. The van der Waals surface area contributed by atoms with Crippen molar-refractivity contribution in [2.45, 2.75) is 107 Å². The Bertz CT molecular complexity index is 1720. The maximum absolute atomic E-state index is 13.0. The number of carboxylic acids is 1. The molecule has 0 radical (unpaired) electrons. The van der Waals surface area contributed by atoms with E-state index >= 15 is 0 Å². The SMILES string of the molecule is C[C@@H](COc1ccnc2c1[C@H](C)CCC2)CC1Cc2cc3c(cc2C12CCC(Nc1cccc(Cl)c1)(C(=O)O)CC2)OCCC(CCN(C)C)O3. The third kappa shape index (κ3) is 7.41. The summed E-state index contributed by atoms with van der Waals surface area (Å²) >= 11 is 6.30. The van der Waals surface area contributed by atoms with Gasteiger partial charge in [-0.3, -0.25) is 4.98 Å². The molecule has 51 heavy (non-hydrogen) atoms. The minimum atomic E-state index is -1.07. The van der Waals surface area contributed by atoms with Gasteiger partial charge in [-0.05, 0) is 149 Å². The van der Waals surface area contributed by atoms with Crippen LogP contribution in [0.3, 0.4) is 0 Å². The Balaban J connectivity index is 1.15. The average molecular weight is 716 g/mol. The maximum atomic E-state index is 13.0. The topological polar surface area (TPSA) is 93.2 Å². The number of pyridine rings is 1. The molecule has 4 atom stereocenters. The highest BCUT2D eigenvalue weighted by molar-refractivity contribution is 6.30. The van der Waals surface area contributed by atoms with Crippen LogP contribution in [0.25, 0.3) is 0 Å². The van der Waals surface area contributed by atoms with E-state index in [1.165, 1.54) is 35.2 Å². The van der Waals surface area contributed by atoms with Crippen molar-refractivity contribution >= 4 is 23.3 Å². The number of ether oxygens (including phenoxy) is 3. The zero-order chi connectivity index (χ0) is 35.8. The molecule has 4 aliphatic rings. The van der Waals surface area contributed by atoms with Crippen molar-refractivity contribution in [1.29, 1.82) is 0 Å². The van der Waals surface area contributed by atoms with Gasteiger partial charge in [-0.25, -0.2) is 4.79 Å². The van der Waals surface area contributed by atoms with Crippen molar-refractivity contribution < 1.29 is 24.1 Å². The number of nitrogens with one attached hydrogen (secondary N) is 1. The predicted octanol–water partition coefficient (Wildman–Crippen LogP) is 8.68. The third-order valence-electron chi connectivity index (χ3n) is 12.2. The third-order valence-corrected chi connectivity index (χ3v) is 12.5. The summed E-state index contributed by atoms with van der Waals surface area (Å²) in [5.74, 6) is 2.94. The normalized spacial score (nSPS) is 27.4. The monoisotopic (exact) mass is 715 g/mol. The lowest BCUT2D eigenvalue weighted by Gasteiger charge is -2.47. The number of fused-ring (bicyclic) bond motifs is 4. The smallest absolute Gasteiger partial charge is 0.329 e. The number of carboxylic acid groups (broad SMARTS) is 1. The van der Waals surface area contributed by atoms with Gasteiger partial charge in [0, 0.05) is 41.1 Å². The van der Waals surface area contributed by atoms with Crippen molar-refractivity contribution in [2.24, 2.45) is 11.8 Å². The lowest BCUT2D eigenvalue weighted by atomic mass is 9.59. The van der Waals surface area contributed by atoms with Crippen LogP contribution < -0.4 is 19.5 Å². The Morgan fingerprint density at radius 2 is 1.96 bits per heavy atom. The molecule has 3 aromatic rings. The van der Waals surface area contributed by atoms with Gasteiger partial charge < -0.3 is 29.5 Å². The molecule has 9 heteroatoms. The van der Waals surface area contributed by atoms with E-state index < -0.39 is 11.5 Å². The Labute approximate surface area is 308 Å². The van der Waals surface area contributed by atoms with Crippen LogP contribution in [0, 0.1) is 11.8 Å². The van der Waals surface area contributed by atoms with Gasteiger partial charge in [0.05, 0.1) is 13.2 Å². The highest BCUT2D eigenvalue weighted by Gasteiger charge is 2.54. The van der Waals surface area contributed by atoms with Crippen LogP contribution in [-0.4, -0.2) is 66.5 Å². The molecule has 1 fully saturated rings. The zero-order valence-electron chi connectivity index (χ0n) is 30.7. The van der Waals surface area contributed by atoms with Crippen LogP contribution >= 0.6 is 11.6 Å². The average Bonchev–Trinajstić information content (AvgIpc) is 3.22. The van der Waals surface area contributed by atoms with Crippen LogP contribution in [0.5, 0.6) is 17.2 Å². The first-order valence-corrected chi connectivity index (χ1v) is 19.4. The summed E-state index contributed by atoms with van der Waals surface area (Å²) < 4.78 is 19.6. The minimum Gasteiger partial charge on any atom is -0.493 e. The van der Waals surface area contributed by atoms with E-state index in [-0.39, 0.29) is 11.5 Å². The number of nitrogens with zero attached hydrogens (tertiary/aromatic N) is 2. The van der Waals surface area contributed by atoms with Crippen LogP contribution in [0.2, 0.25) is 5.02 Å². The number of benzene rings is 2. The van der Waals surface area contributed by atoms with E-state index in [1.807, 2.05) is 36.5 Å².